The number of aromatic nitrogens is 1. The zero-order valence-electron chi connectivity index (χ0n) is 18.1. The molecule has 0 aliphatic carbocycles. The third-order valence-corrected chi connectivity index (χ3v) is 5.24. The Bertz CT molecular complexity index is 1200. The minimum atomic E-state index is -3.62. The number of hydrogen-bond donors (Lipinski definition) is 3. The molecule has 0 unspecified atom stereocenters. The molecular weight excluding hydrogens is 428 g/mol. The van der Waals surface area contributed by atoms with Crippen molar-refractivity contribution in [2.24, 2.45) is 5.14 Å². The summed E-state index contributed by atoms with van der Waals surface area (Å²) in [5, 5.41) is 10.5. The molecule has 3 aromatic rings. The van der Waals surface area contributed by atoms with E-state index in [9.17, 15) is 13.2 Å². The second-order valence-corrected chi connectivity index (χ2v) is 9.90. The molecular formula is C23H26N4O4S. The quantitative estimate of drug-likeness (QED) is 0.502. The highest BCUT2D eigenvalue weighted by molar-refractivity contribution is 7.88. The highest BCUT2D eigenvalue weighted by Gasteiger charge is 2.20. The van der Waals surface area contributed by atoms with Gasteiger partial charge in [0.1, 0.15) is 11.4 Å². The van der Waals surface area contributed by atoms with E-state index < -0.39 is 16.1 Å². The lowest BCUT2D eigenvalue weighted by molar-refractivity contribution is 0.262. The van der Waals surface area contributed by atoms with Crippen molar-refractivity contribution in [3.05, 3.63) is 78.0 Å². The lowest BCUT2D eigenvalue weighted by atomic mass is 9.86. The number of hydrogen-bond acceptors (Lipinski definition) is 5. The summed E-state index contributed by atoms with van der Waals surface area (Å²) in [5.74, 6) is 0.654. The van der Waals surface area contributed by atoms with Gasteiger partial charge in [0.15, 0.2) is 0 Å². The fourth-order valence-electron chi connectivity index (χ4n) is 3.05. The number of carbonyl (C=O) groups excluding carboxylic acids is 1. The van der Waals surface area contributed by atoms with Crippen LogP contribution in [0, 0.1) is 0 Å². The molecule has 0 atom stereocenters. The van der Waals surface area contributed by atoms with Gasteiger partial charge >= 0.3 is 6.03 Å². The van der Waals surface area contributed by atoms with Crippen LogP contribution in [0.4, 0.5) is 16.2 Å². The first-order valence-electron chi connectivity index (χ1n) is 9.91. The van der Waals surface area contributed by atoms with Crippen LogP contribution in [0.1, 0.15) is 31.9 Å². The molecule has 0 aliphatic rings. The number of amides is 2. The number of pyridine rings is 1. The summed E-state index contributed by atoms with van der Waals surface area (Å²) in [6.45, 7) is 6.28. The fourth-order valence-corrected chi connectivity index (χ4v) is 3.71. The molecule has 0 saturated carbocycles. The second-order valence-electron chi connectivity index (χ2n) is 8.29. The van der Waals surface area contributed by atoms with Crippen LogP contribution in [0.3, 0.4) is 0 Å². The van der Waals surface area contributed by atoms with Crippen molar-refractivity contribution < 1.29 is 17.9 Å². The van der Waals surface area contributed by atoms with Gasteiger partial charge in [-0.05, 0) is 41.3 Å². The van der Waals surface area contributed by atoms with Gasteiger partial charge in [0, 0.05) is 17.4 Å². The van der Waals surface area contributed by atoms with Crippen molar-refractivity contribution >= 4 is 27.4 Å². The zero-order valence-corrected chi connectivity index (χ0v) is 18.9. The predicted molar refractivity (Wildman–Crippen MR) is 125 cm³/mol. The number of nitrogens with one attached hydrogen (secondary N) is 2. The zero-order chi connectivity index (χ0) is 23.4. The smallest absolute Gasteiger partial charge is 0.323 e. The van der Waals surface area contributed by atoms with Gasteiger partial charge in [0.05, 0.1) is 5.75 Å². The Kier molecular flexibility index (Phi) is 6.81. The van der Waals surface area contributed by atoms with Crippen molar-refractivity contribution in [3.63, 3.8) is 0 Å². The number of primary sulfonamides is 1. The van der Waals surface area contributed by atoms with E-state index in [1.165, 1.54) is 0 Å². The minimum absolute atomic E-state index is 0.133. The molecule has 9 heteroatoms. The van der Waals surface area contributed by atoms with Gasteiger partial charge in [-0.2, -0.15) is 0 Å². The van der Waals surface area contributed by atoms with Crippen LogP contribution in [0.15, 0.2) is 66.9 Å². The number of nitrogens with zero attached hydrogens (tertiary/aromatic N) is 1. The van der Waals surface area contributed by atoms with Gasteiger partial charge in [-0.15, -0.1) is 0 Å². The molecule has 0 radical (unpaired) electrons. The Balaban J connectivity index is 1.72. The highest BCUT2D eigenvalue weighted by Crippen LogP contribution is 2.35. The van der Waals surface area contributed by atoms with Gasteiger partial charge in [0.2, 0.25) is 15.9 Å². The lowest BCUT2D eigenvalue weighted by Crippen LogP contribution is -2.20. The van der Waals surface area contributed by atoms with Crippen molar-refractivity contribution in [1.29, 1.82) is 0 Å². The van der Waals surface area contributed by atoms with Gasteiger partial charge in [-0.1, -0.05) is 51.1 Å². The SMILES string of the molecule is CC(C)(C)c1ccccc1Oc1ncccc1NC(=O)Nc1ccc(CS(N)(=O)=O)cc1. The molecule has 4 N–H and O–H groups in total. The second kappa shape index (κ2) is 9.37. The summed E-state index contributed by atoms with van der Waals surface area (Å²) in [4.78, 5) is 16.8. The molecule has 32 heavy (non-hydrogen) atoms. The van der Waals surface area contributed by atoms with Crippen LogP contribution >= 0.6 is 0 Å². The number of rotatable bonds is 6. The van der Waals surface area contributed by atoms with Crippen LogP contribution in [0.5, 0.6) is 11.6 Å². The predicted octanol–water partition coefficient (Wildman–Crippen LogP) is 4.60. The van der Waals surface area contributed by atoms with Crippen molar-refractivity contribution in [1.82, 2.24) is 4.98 Å². The molecule has 1 aromatic heterocycles. The van der Waals surface area contributed by atoms with E-state index >= 15 is 0 Å². The summed E-state index contributed by atoms with van der Waals surface area (Å²) in [5.41, 5.74) is 2.30. The van der Waals surface area contributed by atoms with Gasteiger partial charge < -0.3 is 15.4 Å². The maximum atomic E-state index is 12.5. The average molecular weight is 455 g/mol. The average Bonchev–Trinajstić information content (AvgIpc) is 2.69. The number of benzene rings is 2. The molecule has 1 heterocycles. The number of urea groups is 1. The number of sulfonamides is 1. The molecule has 0 saturated heterocycles. The lowest BCUT2D eigenvalue weighted by Gasteiger charge is -2.22. The first-order valence-corrected chi connectivity index (χ1v) is 11.6. The van der Waals surface area contributed by atoms with E-state index in [2.05, 4.69) is 36.4 Å². The molecule has 0 aliphatic heterocycles. The molecule has 3 rings (SSSR count). The number of carbonyl (C=O) groups is 1. The molecule has 8 nitrogen and oxygen atoms in total. The van der Waals surface area contributed by atoms with E-state index in [0.717, 1.165) is 5.56 Å². The van der Waals surface area contributed by atoms with Crippen LogP contribution in [-0.4, -0.2) is 19.4 Å². The van der Waals surface area contributed by atoms with E-state index in [1.54, 1.807) is 42.6 Å². The maximum Gasteiger partial charge on any atom is 0.323 e. The highest BCUT2D eigenvalue weighted by atomic mass is 32.2. The third-order valence-electron chi connectivity index (χ3n) is 4.50. The van der Waals surface area contributed by atoms with E-state index in [-0.39, 0.29) is 17.0 Å². The Labute approximate surface area is 187 Å². The first-order chi connectivity index (χ1) is 15.0. The summed E-state index contributed by atoms with van der Waals surface area (Å²) < 4.78 is 28.4. The van der Waals surface area contributed by atoms with Crippen LogP contribution in [0.25, 0.3) is 0 Å². The number of para-hydroxylation sites is 1. The number of anilines is 2. The van der Waals surface area contributed by atoms with Gasteiger partial charge in [-0.3, -0.25) is 0 Å². The van der Waals surface area contributed by atoms with Crippen LogP contribution < -0.4 is 20.5 Å². The molecule has 0 fully saturated rings. The van der Waals surface area contributed by atoms with Gasteiger partial charge in [-0.25, -0.2) is 23.3 Å². The van der Waals surface area contributed by atoms with Gasteiger partial charge in [0.25, 0.3) is 0 Å². The van der Waals surface area contributed by atoms with Crippen molar-refractivity contribution in [2.45, 2.75) is 31.9 Å². The molecule has 0 spiro atoms. The Hall–Kier alpha value is -3.43. The monoisotopic (exact) mass is 454 g/mol. The summed E-state index contributed by atoms with van der Waals surface area (Å²) in [6.07, 6.45) is 1.59. The minimum Gasteiger partial charge on any atom is -0.437 e. The fraction of sp³-hybridized carbons (Fsp3) is 0.217. The Morgan fingerprint density at radius 1 is 1.00 bits per heavy atom. The van der Waals surface area contributed by atoms with Crippen LogP contribution in [-0.2, 0) is 21.2 Å². The standard InChI is InChI=1S/C23H26N4O4S/c1-23(2,3)18-7-4-5-9-20(18)31-21-19(8-6-14-25-21)27-22(28)26-17-12-10-16(11-13-17)15-32(24,29)30/h4-14H,15H2,1-3H3,(H2,24,29,30)(H2,26,27,28). The molecule has 2 amide bonds. The molecule has 168 valence electrons. The number of ether oxygens (including phenoxy) is 1. The summed E-state index contributed by atoms with van der Waals surface area (Å²) in [6, 6.07) is 17.0. The van der Waals surface area contributed by atoms with E-state index in [1.807, 2.05) is 24.3 Å². The third kappa shape index (κ3) is 6.53. The Morgan fingerprint density at radius 2 is 1.69 bits per heavy atom. The summed E-state index contributed by atoms with van der Waals surface area (Å²) in [7, 11) is -3.62. The van der Waals surface area contributed by atoms with Crippen LogP contribution in [0.2, 0.25) is 0 Å². The molecule has 0 bridgehead atoms. The first kappa shape index (κ1) is 23.2. The van der Waals surface area contributed by atoms with E-state index in [0.29, 0.717) is 22.7 Å². The maximum absolute atomic E-state index is 12.5. The molecule has 2 aromatic carbocycles. The largest absolute Gasteiger partial charge is 0.437 e. The van der Waals surface area contributed by atoms with Crippen molar-refractivity contribution in [3.8, 4) is 11.6 Å². The Morgan fingerprint density at radius 3 is 2.34 bits per heavy atom. The number of nitrogens with two attached hydrogens (primary N) is 1. The summed E-state index contributed by atoms with van der Waals surface area (Å²) >= 11 is 0. The van der Waals surface area contributed by atoms with Crippen molar-refractivity contribution in [2.75, 3.05) is 10.6 Å². The normalized spacial score (nSPS) is 11.6. The topological polar surface area (TPSA) is 123 Å². The van der Waals surface area contributed by atoms with E-state index in [4.69, 9.17) is 9.88 Å².